The first-order chi connectivity index (χ1) is 10.1. The summed E-state index contributed by atoms with van der Waals surface area (Å²) in [5.74, 6) is -0.107. The van der Waals surface area contributed by atoms with Crippen molar-refractivity contribution in [2.75, 3.05) is 17.2 Å². The lowest BCUT2D eigenvalue weighted by atomic mass is 10.1. The van der Waals surface area contributed by atoms with Gasteiger partial charge in [-0.1, -0.05) is 41.1 Å². The first-order valence-corrected chi connectivity index (χ1v) is 7.81. The molecule has 0 spiro atoms. The van der Waals surface area contributed by atoms with E-state index in [1.807, 2.05) is 49.4 Å². The molecule has 0 bridgehead atoms. The molecule has 0 aliphatic carbocycles. The number of benzene rings is 2. The second kappa shape index (κ2) is 7.27. The minimum Gasteiger partial charge on any atom is -0.384 e. The van der Waals surface area contributed by atoms with Gasteiger partial charge in [0.2, 0.25) is 0 Å². The normalized spacial score (nSPS) is 10.2. The van der Waals surface area contributed by atoms with Gasteiger partial charge in [0.15, 0.2) is 0 Å². The number of amides is 1. The zero-order valence-corrected chi connectivity index (χ0v) is 13.8. The third-order valence-corrected chi connectivity index (χ3v) is 4.02. The van der Waals surface area contributed by atoms with Gasteiger partial charge in [0.05, 0.1) is 5.56 Å². The molecule has 0 radical (unpaired) electrons. The summed E-state index contributed by atoms with van der Waals surface area (Å²) >= 11 is 3.48. The van der Waals surface area contributed by atoms with Crippen molar-refractivity contribution in [3.8, 4) is 0 Å². The quantitative estimate of drug-likeness (QED) is 0.813. The topological polar surface area (TPSA) is 41.1 Å². The zero-order chi connectivity index (χ0) is 15.2. The molecule has 0 aromatic heterocycles. The van der Waals surface area contributed by atoms with Crippen LogP contribution in [0.25, 0.3) is 0 Å². The van der Waals surface area contributed by atoms with Crippen LogP contribution in [-0.2, 0) is 0 Å². The molecule has 110 valence electrons. The van der Waals surface area contributed by atoms with E-state index in [2.05, 4.69) is 33.5 Å². The van der Waals surface area contributed by atoms with Crippen LogP contribution in [-0.4, -0.2) is 12.5 Å². The summed E-state index contributed by atoms with van der Waals surface area (Å²) in [7, 11) is 0. The lowest BCUT2D eigenvalue weighted by Crippen LogP contribution is -2.15. The van der Waals surface area contributed by atoms with E-state index in [4.69, 9.17) is 0 Å². The van der Waals surface area contributed by atoms with Crippen molar-refractivity contribution in [3.63, 3.8) is 0 Å². The summed E-state index contributed by atoms with van der Waals surface area (Å²) in [5, 5.41) is 6.21. The molecule has 2 aromatic rings. The van der Waals surface area contributed by atoms with Crippen LogP contribution in [0.3, 0.4) is 0 Å². The minimum absolute atomic E-state index is 0.107. The number of nitrogens with one attached hydrogen (secondary N) is 2. The summed E-state index contributed by atoms with van der Waals surface area (Å²) in [4.78, 5) is 12.4. The SMILES string of the molecule is CCCNc1ccccc1C(=O)Nc1ccc(C)c(Br)c1. The predicted molar refractivity (Wildman–Crippen MR) is 92.1 cm³/mol. The van der Waals surface area contributed by atoms with E-state index in [0.29, 0.717) is 5.56 Å². The minimum atomic E-state index is -0.107. The van der Waals surface area contributed by atoms with Gasteiger partial charge in [-0.2, -0.15) is 0 Å². The first-order valence-electron chi connectivity index (χ1n) is 7.02. The van der Waals surface area contributed by atoms with Crippen LogP contribution >= 0.6 is 15.9 Å². The van der Waals surface area contributed by atoms with Gasteiger partial charge in [-0.15, -0.1) is 0 Å². The summed E-state index contributed by atoms with van der Waals surface area (Å²) in [5.41, 5.74) is 3.44. The van der Waals surface area contributed by atoms with Crippen LogP contribution in [0.4, 0.5) is 11.4 Å². The van der Waals surface area contributed by atoms with Crippen LogP contribution in [0, 0.1) is 6.92 Å². The van der Waals surface area contributed by atoms with Crippen LogP contribution in [0.1, 0.15) is 29.3 Å². The van der Waals surface area contributed by atoms with Crippen molar-refractivity contribution < 1.29 is 4.79 Å². The standard InChI is InChI=1S/C17H19BrN2O/c1-3-10-19-16-7-5-4-6-14(16)17(21)20-13-9-8-12(2)15(18)11-13/h4-9,11,19H,3,10H2,1-2H3,(H,20,21). The number of rotatable bonds is 5. The van der Waals surface area contributed by atoms with Gasteiger partial charge in [-0.05, 0) is 43.2 Å². The second-order valence-electron chi connectivity index (χ2n) is 4.89. The maximum atomic E-state index is 12.4. The molecular formula is C17H19BrN2O. The number of anilines is 2. The van der Waals surface area contributed by atoms with Gasteiger partial charge in [0, 0.05) is 22.4 Å². The largest absolute Gasteiger partial charge is 0.384 e. The van der Waals surface area contributed by atoms with Gasteiger partial charge < -0.3 is 10.6 Å². The third kappa shape index (κ3) is 4.08. The highest BCUT2D eigenvalue weighted by Crippen LogP contribution is 2.22. The molecule has 0 atom stereocenters. The molecule has 4 heteroatoms. The zero-order valence-electron chi connectivity index (χ0n) is 12.2. The van der Waals surface area contributed by atoms with E-state index in [1.54, 1.807) is 0 Å². The van der Waals surface area contributed by atoms with Crippen LogP contribution in [0.5, 0.6) is 0 Å². The van der Waals surface area contributed by atoms with Crippen molar-refractivity contribution in [2.24, 2.45) is 0 Å². The Morgan fingerprint density at radius 1 is 1.19 bits per heavy atom. The van der Waals surface area contributed by atoms with E-state index >= 15 is 0 Å². The number of aryl methyl sites for hydroxylation is 1. The molecule has 2 N–H and O–H groups in total. The summed E-state index contributed by atoms with van der Waals surface area (Å²) < 4.78 is 0.984. The molecule has 0 heterocycles. The Morgan fingerprint density at radius 3 is 2.67 bits per heavy atom. The summed E-state index contributed by atoms with van der Waals surface area (Å²) in [6.45, 7) is 4.96. The van der Waals surface area contributed by atoms with Crippen molar-refractivity contribution in [3.05, 3.63) is 58.1 Å². The van der Waals surface area contributed by atoms with Crippen LogP contribution < -0.4 is 10.6 Å². The van der Waals surface area contributed by atoms with Gasteiger partial charge in [-0.25, -0.2) is 0 Å². The van der Waals surface area contributed by atoms with Crippen molar-refractivity contribution in [2.45, 2.75) is 20.3 Å². The van der Waals surface area contributed by atoms with Gasteiger partial charge in [0.1, 0.15) is 0 Å². The molecule has 0 fully saturated rings. The van der Waals surface area contributed by atoms with Crippen LogP contribution in [0.15, 0.2) is 46.9 Å². The molecule has 3 nitrogen and oxygen atoms in total. The fraction of sp³-hybridized carbons (Fsp3) is 0.235. The average Bonchev–Trinajstić information content (AvgIpc) is 2.49. The number of hydrogen-bond acceptors (Lipinski definition) is 2. The lowest BCUT2D eigenvalue weighted by Gasteiger charge is -2.12. The van der Waals surface area contributed by atoms with Gasteiger partial charge in [-0.3, -0.25) is 4.79 Å². The highest BCUT2D eigenvalue weighted by molar-refractivity contribution is 9.10. The Kier molecular flexibility index (Phi) is 5.39. The smallest absolute Gasteiger partial charge is 0.257 e. The molecule has 0 unspecified atom stereocenters. The summed E-state index contributed by atoms with van der Waals surface area (Å²) in [6.07, 6.45) is 1.01. The maximum absolute atomic E-state index is 12.4. The second-order valence-corrected chi connectivity index (χ2v) is 5.74. The van der Waals surface area contributed by atoms with Crippen molar-refractivity contribution in [1.82, 2.24) is 0 Å². The van der Waals surface area contributed by atoms with Gasteiger partial charge >= 0.3 is 0 Å². The molecule has 21 heavy (non-hydrogen) atoms. The molecule has 1 amide bonds. The van der Waals surface area contributed by atoms with E-state index < -0.39 is 0 Å². The van der Waals surface area contributed by atoms with Crippen molar-refractivity contribution in [1.29, 1.82) is 0 Å². The molecule has 0 saturated carbocycles. The Balaban J connectivity index is 2.18. The fourth-order valence-electron chi connectivity index (χ4n) is 1.96. The Labute approximate surface area is 133 Å². The highest BCUT2D eigenvalue weighted by Gasteiger charge is 2.11. The fourth-order valence-corrected chi connectivity index (χ4v) is 2.34. The molecule has 2 aromatic carbocycles. The van der Waals surface area contributed by atoms with Crippen molar-refractivity contribution >= 4 is 33.2 Å². The number of halogens is 1. The molecular weight excluding hydrogens is 328 g/mol. The van der Waals surface area contributed by atoms with Gasteiger partial charge in [0.25, 0.3) is 5.91 Å². The number of para-hydroxylation sites is 1. The highest BCUT2D eigenvalue weighted by atomic mass is 79.9. The Bertz CT molecular complexity index is 640. The molecule has 0 saturated heterocycles. The lowest BCUT2D eigenvalue weighted by molar-refractivity contribution is 0.102. The first kappa shape index (κ1) is 15.6. The Hall–Kier alpha value is -1.81. The van der Waals surface area contributed by atoms with E-state index in [9.17, 15) is 4.79 Å². The Morgan fingerprint density at radius 2 is 1.95 bits per heavy atom. The van der Waals surface area contributed by atoms with E-state index in [0.717, 1.165) is 34.4 Å². The monoisotopic (exact) mass is 346 g/mol. The molecule has 0 aliphatic heterocycles. The maximum Gasteiger partial charge on any atom is 0.257 e. The third-order valence-electron chi connectivity index (χ3n) is 3.17. The van der Waals surface area contributed by atoms with Crippen LogP contribution in [0.2, 0.25) is 0 Å². The number of hydrogen-bond donors (Lipinski definition) is 2. The van der Waals surface area contributed by atoms with E-state index in [-0.39, 0.29) is 5.91 Å². The average molecular weight is 347 g/mol. The number of carbonyl (C=O) groups is 1. The predicted octanol–water partition coefficient (Wildman–Crippen LogP) is 4.83. The summed E-state index contributed by atoms with van der Waals surface area (Å²) in [6, 6.07) is 13.3. The molecule has 2 rings (SSSR count). The van der Waals surface area contributed by atoms with E-state index in [1.165, 1.54) is 0 Å². The molecule has 0 aliphatic rings. The number of carbonyl (C=O) groups excluding carboxylic acids is 1.